The summed E-state index contributed by atoms with van der Waals surface area (Å²) < 4.78 is 6.05. The monoisotopic (exact) mass is 258 g/mol. The van der Waals surface area contributed by atoms with Crippen molar-refractivity contribution in [2.75, 3.05) is 6.61 Å². The standard InChI is InChI=1S/C14H30O2Si/c1-9-14(5,6)12(15)10-11-16-17(7,8)13(2,3)4/h9,12,15H,1,10-11H2,2-8H3/t12-/m0/s1. The molecule has 0 saturated heterocycles. The Balaban J connectivity index is 4.22. The summed E-state index contributed by atoms with van der Waals surface area (Å²) in [6.07, 6.45) is 2.10. The zero-order valence-corrected chi connectivity index (χ0v) is 13.6. The van der Waals surface area contributed by atoms with E-state index in [0.717, 1.165) is 0 Å². The number of hydrogen-bond acceptors (Lipinski definition) is 2. The maximum Gasteiger partial charge on any atom is 0.191 e. The summed E-state index contributed by atoms with van der Waals surface area (Å²) in [5.74, 6) is 0. The van der Waals surface area contributed by atoms with Gasteiger partial charge in [-0.15, -0.1) is 6.58 Å². The molecule has 102 valence electrons. The summed E-state index contributed by atoms with van der Waals surface area (Å²) in [6, 6.07) is 0. The third-order valence-corrected chi connectivity index (χ3v) is 8.58. The van der Waals surface area contributed by atoms with Crippen LogP contribution in [0.5, 0.6) is 0 Å². The van der Waals surface area contributed by atoms with Crippen LogP contribution in [0.1, 0.15) is 41.0 Å². The third kappa shape index (κ3) is 4.94. The lowest BCUT2D eigenvalue weighted by atomic mass is 9.85. The van der Waals surface area contributed by atoms with E-state index >= 15 is 0 Å². The average molecular weight is 258 g/mol. The molecule has 0 aliphatic rings. The molecule has 0 spiro atoms. The molecule has 1 N–H and O–H groups in total. The molecule has 0 bridgehead atoms. The Morgan fingerprint density at radius 1 is 1.24 bits per heavy atom. The van der Waals surface area contributed by atoms with Crippen LogP contribution in [0.15, 0.2) is 12.7 Å². The molecule has 0 rings (SSSR count). The van der Waals surface area contributed by atoms with Gasteiger partial charge in [0, 0.05) is 12.0 Å². The highest BCUT2D eigenvalue weighted by Gasteiger charge is 2.37. The number of hydrogen-bond donors (Lipinski definition) is 1. The molecule has 17 heavy (non-hydrogen) atoms. The number of rotatable bonds is 6. The van der Waals surface area contributed by atoms with Gasteiger partial charge in [0.15, 0.2) is 8.32 Å². The average Bonchev–Trinajstić information content (AvgIpc) is 2.15. The minimum absolute atomic E-state index is 0.228. The largest absolute Gasteiger partial charge is 0.417 e. The predicted octanol–water partition coefficient (Wildman–Crippen LogP) is 3.97. The molecule has 0 aliphatic carbocycles. The molecule has 1 atom stereocenters. The van der Waals surface area contributed by atoms with Crippen LogP contribution >= 0.6 is 0 Å². The van der Waals surface area contributed by atoms with Gasteiger partial charge in [0.2, 0.25) is 0 Å². The van der Waals surface area contributed by atoms with Crippen LogP contribution in [0.4, 0.5) is 0 Å². The molecule has 0 unspecified atom stereocenters. The van der Waals surface area contributed by atoms with E-state index < -0.39 is 8.32 Å². The second-order valence-electron chi connectivity index (χ2n) is 6.94. The van der Waals surface area contributed by atoms with Gasteiger partial charge in [-0.3, -0.25) is 0 Å². The van der Waals surface area contributed by atoms with E-state index in [2.05, 4.69) is 40.4 Å². The Morgan fingerprint density at radius 3 is 2.06 bits per heavy atom. The molecule has 0 heterocycles. The minimum atomic E-state index is -1.68. The van der Waals surface area contributed by atoms with Crippen molar-refractivity contribution in [2.24, 2.45) is 5.41 Å². The predicted molar refractivity (Wildman–Crippen MR) is 77.8 cm³/mol. The Labute approximate surface area is 108 Å². The first kappa shape index (κ1) is 16.9. The molecule has 0 saturated carbocycles. The zero-order valence-electron chi connectivity index (χ0n) is 12.6. The van der Waals surface area contributed by atoms with Crippen LogP contribution in [0, 0.1) is 5.41 Å². The molecular weight excluding hydrogens is 228 g/mol. The van der Waals surface area contributed by atoms with Crippen molar-refractivity contribution in [3.05, 3.63) is 12.7 Å². The molecule has 0 aliphatic heterocycles. The second-order valence-corrected chi connectivity index (χ2v) is 11.7. The van der Waals surface area contributed by atoms with Crippen molar-refractivity contribution < 1.29 is 9.53 Å². The normalized spacial score (nSPS) is 15.8. The highest BCUT2D eigenvalue weighted by atomic mass is 28.4. The van der Waals surface area contributed by atoms with Crippen LogP contribution in [-0.4, -0.2) is 26.1 Å². The fourth-order valence-electron chi connectivity index (χ4n) is 1.15. The van der Waals surface area contributed by atoms with Crippen molar-refractivity contribution >= 4 is 8.32 Å². The molecule has 2 nitrogen and oxygen atoms in total. The first-order valence-electron chi connectivity index (χ1n) is 6.39. The summed E-state index contributed by atoms with van der Waals surface area (Å²) in [7, 11) is -1.68. The Morgan fingerprint density at radius 2 is 1.71 bits per heavy atom. The van der Waals surface area contributed by atoms with Crippen molar-refractivity contribution in [3.8, 4) is 0 Å². The lowest BCUT2D eigenvalue weighted by molar-refractivity contribution is 0.0584. The summed E-state index contributed by atoms with van der Waals surface area (Å²) in [6.45, 7) is 19.5. The summed E-state index contributed by atoms with van der Waals surface area (Å²) in [4.78, 5) is 0. The van der Waals surface area contributed by atoms with Gasteiger partial charge < -0.3 is 9.53 Å². The number of aliphatic hydroxyl groups is 1. The minimum Gasteiger partial charge on any atom is -0.417 e. The summed E-state index contributed by atoms with van der Waals surface area (Å²) in [5.41, 5.74) is -0.239. The molecule has 0 aromatic carbocycles. The molecule has 0 aromatic heterocycles. The highest BCUT2D eigenvalue weighted by molar-refractivity contribution is 6.74. The first-order chi connectivity index (χ1) is 7.44. The van der Waals surface area contributed by atoms with E-state index in [1.54, 1.807) is 0 Å². The molecule has 0 fully saturated rings. The second kappa shape index (κ2) is 5.68. The van der Waals surface area contributed by atoms with Gasteiger partial charge in [0.25, 0.3) is 0 Å². The summed E-state index contributed by atoms with van der Waals surface area (Å²) >= 11 is 0. The Bertz CT molecular complexity index is 251. The lowest BCUT2D eigenvalue weighted by Crippen LogP contribution is -2.41. The van der Waals surface area contributed by atoms with Gasteiger partial charge in [-0.25, -0.2) is 0 Å². The molecule has 0 radical (unpaired) electrons. The van der Waals surface area contributed by atoms with Crippen molar-refractivity contribution in [3.63, 3.8) is 0 Å². The maximum atomic E-state index is 10.0. The van der Waals surface area contributed by atoms with Crippen LogP contribution < -0.4 is 0 Å². The Kier molecular flexibility index (Phi) is 5.64. The maximum absolute atomic E-state index is 10.0. The fourth-order valence-corrected chi connectivity index (χ4v) is 2.21. The van der Waals surface area contributed by atoms with Crippen molar-refractivity contribution in [1.82, 2.24) is 0 Å². The van der Waals surface area contributed by atoms with E-state index in [1.165, 1.54) is 0 Å². The molecule has 3 heteroatoms. The van der Waals surface area contributed by atoms with E-state index in [-0.39, 0.29) is 16.6 Å². The smallest absolute Gasteiger partial charge is 0.191 e. The summed E-state index contributed by atoms with van der Waals surface area (Å²) in [5, 5.41) is 10.3. The van der Waals surface area contributed by atoms with E-state index in [0.29, 0.717) is 13.0 Å². The van der Waals surface area contributed by atoms with Gasteiger partial charge in [-0.1, -0.05) is 40.7 Å². The topological polar surface area (TPSA) is 29.5 Å². The van der Waals surface area contributed by atoms with Crippen LogP contribution in [0.25, 0.3) is 0 Å². The van der Waals surface area contributed by atoms with E-state index in [9.17, 15) is 5.11 Å². The van der Waals surface area contributed by atoms with Crippen LogP contribution in [0.2, 0.25) is 18.1 Å². The van der Waals surface area contributed by atoms with Gasteiger partial charge in [0.05, 0.1) is 6.10 Å². The zero-order chi connectivity index (χ0) is 13.9. The number of aliphatic hydroxyl groups excluding tert-OH is 1. The van der Waals surface area contributed by atoms with Gasteiger partial charge >= 0.3 is 0 Å². The highest BCUT2D eigenvalue weighted by Crippen LogP contribution is 2.36. The van der Waals surface area contributed by atoms with Crippen LogP contribution in [0.3, 0.4) is 0 Å². The Hall–Kier alpha value is -0.123. The quantitative estimate of drug-likeness (QED) is 0.577. The fraction of sp³-hybridized carbons (Fsp3) is 0.857. The lowest BCUT2D eigenvalue weighted by Gasteiger charge is -2.37. The molecule has 0 aromatic rings. The van der Waals surface area contributed by atoms with Crippen LogP contribution in [-0.2, 0) is 4.43 Å². The van der Waals surface area contributed by atoms with Gasteiger partial charge in [0.1, 0.15) is 0 Å². The third-order valence-electron chi connectivity index (χ3n) is 4.05. The first-order valence-corrected chi connectivity index (χ1v) is 9.30. The van der Waals surface area contributed by atoms with E-state index in [1.807, 2.05) is 19.9 Å². The molecular formula is C14H30O2Si. The van der Waals surface area contributed by atoms with Gasteiger partial charge in [-0.05, 0) is 24.6 Å². The molecule has 0 amide bonds. The van der Waals surface area contributed by atoms with Gasteiger partial charge in [-0.2, -0.15) is 0 Å². The van der Waals surface area contributed by atoms with Crippen molar-refractivity contribution in [1.29, 1.82) is 0 Å². The van der Waals surface area contributed by atoms with E-state index in [4.69, 9.17) is 4.43 Å². The SMILES string of the molecule is C=CC(C)(C)[C@@H](O)CCO[Si](C)(C)C(C)(C)C. The van der Waals surface area contributed by atoms with Crippen molar-refractivity contribution in [2.45, 2.75) is 65.3 Å².